The van der Waals surface area contributed by atoms with Crippen molar-refractivity contribution in [3.63, 3.8) is 0 Å². The third kappa shape index (κ3) is 2.89. The third-order valence-corrected chi connectivity index (χ3v) is 3.92. The summed E-state index contributed by atoms with van der Waals surface area (Å²) in [5.41, 5.74) is 1.11. The summed E-state index contributed by atoms with van der Waals surface area (Å²) < 4.78 is 0.641. The molecule has 0 aliphatic carbocycles. The van der Waals surface area contributed by atoms with Gasteiger partial charge in [0, 0.05) is 6.54 Å². The number of allylic oxidation sites excluding steroid dienone is 2. The van der Waals surface area contributed by atoms with E-state index in [9.17, 15) is 4.79 Å². The molecule has 0 spiro atoms. The van der Waals surface area contributed by atoms with Gasteiger partial charge in [0.25, 0.3) is 5.91 Å². The molecule has 0 radical (unpaired) electrons. The molecule has 18 heavy (non-hydrogen) atoms. The standard InChI is InChI=1S/C14H13NOS2/c1-2-15-13(16)12(18-14(15)17)10-6-9-11-7-4-3-5-8-11/h3-10H,2H2,1H3/b9-6-,12-10-. The van der Waals surface area contributed by atoms with Crippen LogP contribution in [0.2, 0.25) is 0 Å². The molecular formula is C14H13NOS2. The van der Waals surface area contributed by atoms with Crippen molar-refractivity contribution in [2.75, 3.05) is 6.54 Å². The van der Waals surface area contributed by atoms with E-state index in [-0.39, 0.29) is 5.91 Å². The Kier molecular flexibility index (Phi) is 4.33. The third-order valence-electron chi connectivity index (χ3n) is 2.53. The lowest BCUT2D eigenvalue weighted by Gasteiger charge is -2.09. The van der Waals surface area contributed by atoms with Gasteiger partial charge in [-0.25, -0.2) is 0 Å². The second kappa shape index (κ2) is 5.98. The molecule has 0 aromatic heterocycles. The normalized spacial score (nSPS) is 18.3. The van der Waals surface area contributed by atoms with Crippen molar-refractivity contribution in [3.05, 3.63) is 53.0 Å². The zero-order chi connectivity index (χ0) is 13.0. The van der Waals surface area contributed by atoms with E-state index in [1.807, 2.05) is 55.5 Å². The maximum absolute atomic E-state index is 11.9. The summed E-state index contributed by atoms with van der Waals surface area (Å²) in [6.45, 7) is 2.55. The van der Waals surface area contributed by atoms with Crippen molar-refractivity contribution in [2.45, 2.75) is 6.92 Å². The monoisotopic (exact) mass is 275 g/mol. The predicted molar refractivity (Wildman–Crippen MR) is 81.1 cm³/mol. The van der Waals surface area contributed by atoms with Gasteiger partial charge >= 0.3 is 0 Å². The van der Waals surface area contributed by atoms with Gasteiger partial charge in [-0.1, -0.05) is 66.5 Å². The SMILES string of the molecule is CCN1C(=O)/C(=C/C=C\c2ccccc2)SC1=S. The molecule has 0 saturated carbocycles. The molecule has 0 unspecified atom stereocenters. The van der Waals surface area contributed by atoms with Crippen LogP contribution in [-0.4, -0.2) is 21.7 Å². The highest BCUT2D eigenvalue weighted by Crippen LogP contribution is 2.30. The molecule has 92 valence electrons. The summed E-state index contributed by atoms with van der Waals surface area (Å²) >= 11 is 6.50. The number of rotatable bonds is 3. The number of thiocarbonyl (C=S) groups is 1. The maximum Gasteiger partial charge on any atom is 0.266 e. The van der Waals surface area contributed by atoms with Crippen LogP contribution in [0.3, 0.4) is 0 Å². The van der Waals surface area contributed by atoms with Gasteiger partial charge < -0.3 is 0 Å². The van der Waals surface area contributed by atoms with Gasteiger partial charge in [0.2, 0.25) is 0 Å². The fraction of sp³-hybridized carbons (Fsp3) is 0.143. The van der Waals surface area contributed by atoms with Gasteiger partial charge in [-0.05, 0) is 18.6 Å². The molecule has 1 aliphatic heterocycles. The number of hydrogen-bond acceptors (Lipinski definition) is 3. The van der Waals surface area contributed by atoms with Crippen molar-refractivity contribution >= 4 is 40.3 Å². The summed E-state index contributed by atoms with van der Waals surface area (Å²) in [4.78, 5) is 14.2. The zero-order valence-electron chi connectivity index (χ0n) is 10.00. The van der Waals surface area contributed by atoms with E-state index in [0.717, 1.165) is 5.56 Å². The van der Waals surface area contributed by atoms with E-state index >= 15 is 0 Å². The quantitative estimate of drug-likeness (QED) is 0.622. The summed E-state index contributed by atoms with van der Waals surface area (Å²) in [5.74, 6) is 0.00483. The van der Waals surface area contributed by atoms with Crippen molar-refractivity contribution in [2.24, 2.45) is 0 Å². The second-order valence-electron chi connectivity index (χ2n) is 3.72. The number of hydrogen-bond donors (Lipinski definition) is 0. The molecule has 1 amide bonds. The van der Waals surface area contributed by atoms with Gasteiger partial charge in [-0.2, -0.15) is 0 Å². The lowest BCUT2D eigenvalue weighted by Crippen LogP contribution is -2.27. The van der Waals surface area contributed by atoms with Crippen molar-refractivity contribution in [1.82, 2.24) is 4.90 Å². The average Bonchev–Trinajstić information content (AvgIpc) is 2.65. The first-order chi connectivity index (χ1) is 8.72. The Morgan fingerprint density at radius 3 is 2.67 bits per heavy atom. The van der Waals surface area contributed by atoms with E-state index in [1.165, 1.54) is 11.8 Å². The minimum atomic E-state index is 0.00483. The second-order valence-corrected chi connectivity index (χ2v) is 5.39. The molecule has 1 saturated heterocycles. The molecular weight excluding hydrogens is 262 g/mol. The predicted octanol–water partition coefficient (Wildman–Crippen LogP) is 3.46. The molecule has 1 aliphatic rings. The first kappa shape index (κ1) is 13.1. The highest BCUT2D eigenvalue weighted by Gasteiger charge is 2.29. The summed E-state index contributed by atoms with van der Waals surface area (Å²) in [7, 11) is 0. The smallest absolute Gasteiger partial charge is 0.266 e. The van der Waals surface area contributed by atoms with E-state index in [4.69, 9.17) is 12.2 Å². The molecule has 4 heteroatoms. The van der Waals surface area contributed by atoms with Crippen LogP contribution in [0, 0.1) is 0 Å². The molecule has 0 atom stereocenters. The summed E-state index contributed by atoms with van der Waals surface area (Å²) in [6.07, 6.45) is 5.68. The minimum Gasteiger partial charge on any atom is -0.293 e. The van der Waals surface area contributed by atoms with Gasteiger partial charge in [0.1, 0.15) is 4.32 Å². The Morgan fingerprint density at radius 1 is 1.33 bits per heavy atom. The zero-order valence-corrected chi connectivity index (χ0v) is 11.6. The maximum atomic E-state index is 11.9. The van der Waals surface area contributed by atoms with Crippen LogP contribution in [0.15, 0.2) is 47.4 Å². The molecule has 2 rings (SSSR count). The highest BCUT2D eigenvalue weighted by atomic mass is 32.2. The Hall–Kier alpha value is -1.39. The summed E-state index contributed by atoms with van der Waals surface area (Å²) in [6, 6.07) is 9.97. The van der Waals surface area contributed by atoms with E-state index in [1.54, 1.807) is 4.90 Å². The van der Waals surface area contributed by atoms with Crippen LogP contribution in [-0.2, 0) is 4.79 Å². The number of carbonyl (C=O) groups is 1. The first-order valence-electron chi connectivity index (χ1n) is 5.69. The van der Waals surface area contributed by atoms with Gasteiger partial charge in [-0.15, -0.1) is 0 Å². The van der Waals surface area contributed by atoms with Crippen LogP contribution >= 0.6 is 24.0 Å². The van der Waals surface area contributed by atoms with Crippen LogP contribution in [0.4, 0.5) is 0 Å². The lowest BCUT2D eigenvalue weighted by molar-refractivity contribution is -0.122. The van der Waals surface area contributed by atoms with Crippen LogP contribution in [0.5, 0.6) is 0 Å². The lowest BCUT2D eigenvalue weighted by atomic mass is 10.2. The average molecular weight is 275 g/mol. The van der Waals surface area contributed by atoms with Crippen LogP contribution in [0.1, 0.15) is 12.5 Å². The molecule has 1 fully saturated rings. The minimum absolute atomic E-state index is 0.00483. The largest absolute Gasteiger partial charge is 0.293 e. The molecule has 0 N–H and O–H groups in total. The van der Waals surface area contributed by atoms with Crippen molar-refractivity contribution in [3.8, 4) is 0 Å². The van der Waals surface area contributed by atoms with Gasteiger partial charge in [0.15, 0.2) is 0 Å². The van der Waals surface area contributed by atoms with E-state index < -0.39 is 0 Å². The molecule has 1 heterocycles. The number of likely N-dealkylation sites (N-methyl/N-ethyl adjacent to an activating group) is 1. The van der Waals surface area contributed by atoms with Gasteiger partial charge in [0.05, 0.1) is 4.91 Å². The fourth-order valence-corrected chi connectivity index (χ4v) is 2.93. The molecule has 1 aromatic rings. The summed E-state index contributed by atoms with van der Waals surface area (Å²) in [5, 5.41) is 0. The Labute approximate surface area is 116 Å². The van der Waals surface area contributed by atoms with Crippen LogP contribution < -0.4 is 0 Å². The van der Waals surface area contributed by atoms with E-state index in [0.29, 0.717) is 15.8 Å². The number of benzene rings is 1. The Bertz CT molecular complexity index is 520. The number of nitrogens with zero attached hydrogens (tertiary/aromatic N) is 1. The number of carbonyl (C=O) groups excluding carboxylic acids is 1. The topological polar surface area (TPSA) is 20.3 Å². The number of amides is 1. The van der Waals surface area contributed by atoms with Crippen LogP contribution in [0.25, 0.3) is 6.08 Å². The van der Waals surface area contributed by atoms with Crippen molar-refractivity contribution in [1.29, 1.82) is 0 Å². The van der Waals surface area contributed by atoms with Gasteiger partial charge in [-0.3, -0.25) is 9.69 Å². The Balaban J connectivity index is 2.09. The Morgan fingerprint density at radius 2 is 2.06 bits per heavy atom. The van der Waals surface area contributed by atoms with Crippen molar-refractivity contribution < 1.29 is 4.79 Å². The molecule has 1 aromatic carbocycles. The molecule has 2 nitrogen and oxygen atoms in total. The number of thioether (sulfide) groups is 1. The first-order valence-corrected chi connectivity index (χ1v) is 6.92. The highest BCUT2D eigenvalue weighted by molar-refractivity contribution is 8.26. The van der Waals surface area contributed by atoms with E-state index in [2.05, 4.69) is 0 Å². The fourth-order valence-electron chi connectivity index (χ4n) is 1.60. The molecule has 0 bridgehead atoms.